The quantitative estimate of drug-likeness (QED) is 0.681. The molecule has 0 unspecified atom stereocenters. The topological polar surface area (TPSA) is 26.6 Å². The number of ether oxygens (including phenoxy) is 2. The van der Waals surface area contributed by atoms with Gasteiger partial charge >= 0.3 is 0 Å². The van der Waals surface area contributed by atoms with E-state index >= 15 is 0 Å². The molecule has 5 heteroatoms. The number of hydrogen-bond acceptors (Lipinski definition) is 3. The molecular weight excluding hydrogens is 336 g/mol. The molecule has 0 radical (unpaired) electrons. The molecule has 1 aliphatic rings. The summed E-state index contributed by atoms with van der Waals surface area (Å²) in [5.41, 5.74) is 3.19. The van der Waals surface area contributed by atoms with Crippen molar-refractivity contribution >= 4 is 17.3 Å². The van der Waals surface area contributed by atoms with E-state index in [0.29, 0.717) is 6.61 Å². The van der Waals surface area contributed by atoms with Gasteiger partial charge in [0.05, 0.1) is 24.4 Å². The summed E-state index contributed by atoms with van der Waals surface area (Å²) in [6, 6.07) is 18.0. The minimum atomic E-state index is -0.0999. The Balaban J connectivity index is 1.61. The Hall–Kier alpha value is -2.43. The molecular formula is C20H19ClN2O2. The van der Waals surface area contributed by atoms with Crippen molar-refractivity contribution in [3.8, 4) is 11.4 Å². The zero-order valence-electron chi connectivity index (χ0n) is 13.9. The Kier molecular flexibility index (Phi) is 4.38. The molecule has 2 aromatic carbocycles. The summed E-state index contributed by atoms with van der Waals surface area (Å²) in [4.78, 5) is 2.26. The van der Waals surface area contributed by atoms with Gasteiger partial charge in [0.15, 0.2) is 6.23 Å². The van der Waals surface area contributed by atoms with Crippen LogP contribution >= 0.6 is 11.6 Å². The van der Waals surface area contributed by atoms with Crippen LogP contribution in [0.25, 0.3) is 5.69 Å². The first-order valence-electron chi connectivity index (χ1n) is 8.21. The van der Waals surface area contributed by atoms with Crippen LogP contribution in [0.4, 0.5) is 5.69 Å². The Bertz CT molecular complexity index is 860. The Morgan fingerprint density at radius 2 is 1.88 bits per heavy atom. The molecule has 0 bridgehead atoms. The van der Waals surface area contributed by atoms with Crippen molar-refractivity contribution in [3.63, 3.8) is 0 Å². The lowest BCUT2D eigenvalue weighted by Crippen LogP contribution is -2.22. The van der Waals surface area contributed by atoms with Gasteiger partial charge in [-0.05, 0) is 42.5 Å². The molecule has 1 atom stereocenters. The number of para-hydroxylation sites is 1. The van der Waals surface area contributed by atoms with Crippen LogP contribution in [-0.2, 0) is 4.74 Å². The third-order valence-electron chi connectivity index (χ3n) is 4.43. The van der Waals surface area contributed by atoms with E-state index in [2.05, 4.69) is 29.3 Å². The highest BCUT2D eigenvalue weighted by Gasteiger charge is 2.28. The molecule has 25 heavy (non-hydrogen) atoms. The van der Waals surface area contributed by atoms with Gasteiger partial charge in [-0.3, -0.25) is 0 Å². The van der Waals surface area contributed by atoms with Crippen LogP contribution in [-0.4, -0.2) is 24.8 Å². The van der Waals surface area contributed by atoms with Gasteiger partial charge in [-0.1, -0.05) is 23.7 Å². The van der Waals surface area contributed by atoms with Gasteiger partial charge < -0.3 is 18.9 Å². The largest absolute Gasteiger partial charge is 0.497 e. The number of halogens is 1. The first-order chi connectivity index (χ1) is 12.3. The minimum absolute atomic E-state index is 0.0999. The Morgan fingerprint density at radius 1 is 1.08 bits per heavy atom. The van der Waals surface area contributed by atoms with Gasteiger partial charge in [-0.2, -0.15) is 0 Å². The van der Waals surface area contributed by atoms with Crippen LogP contribution in [0.15, 0.2) is 67.0 Å². The number of benzene rings is 2. The molecule has 4 nitrogen and oxygen atoms in total. The second kappa shape index (κ2) is 6.82. The van der Waals surface area contributed by atoms with E-state index in [4.69, 9.17) is 21.1 Å². The molecule has 1 aromatic heterocycles. The van der Waals surface area contributed by atoms with Crippen LogP contribution < -0.4 is 9.64 Å². The monoisotopic (exact) mass is 354 g/mol. The van der Waals surface area contributed by atoms with Crippen molar-refractivity contribution in [2.75, 3.05) is 25.2 Å². The van der Waals surface area contributed by atoms with Crippen LogP contribution in [0.1, 0.15) is 11.8 Å². The third-order valence-corrected chi connectivity index (χ3v) is 4.75. The number of rotatable bonds is 4. The fourth-order valence-electron chi connectivity index (χ4n) is 3.15. The lowest BCUT2D eigenvalue weighted by Gasteiger charge is -2.24. The molecule has 0 amide bonds. The van der Waals surface area contributed by atoms with Gasteiger partial charge in [0, 0.05) is 30.2 Å². The molecule has 2 heterocycles. The predicted molar refractivity (Wildman–Crippen MR) is 99.8 cm³/mol. The smallest absolute Gasteiger partial charge is 0.158 e. The van der Waals surface area contributed by atoms with E-state index in [1.807, 2.05) is 47.2 Å². The normalized spacial score (nSPS) is 17.0. The van der Waals surface area contributed by atoms with Crippen LogP contribution in [0.5, 0.6) is 5.75 Å². The zero-order chi connectivity index (χ0) is 17.2. The zero-order valence-corrected chi connectivity index (χ0v) is 14.7. The highest BCUT2D eigenvalue weighted by Crippen LogP contribution is 2.34. The summed E-state index contributed by atoms with van der Waals surface area (Å²) in [5.74, 6) is 0.852. The van der Waals surface area contributed by atoms with Gasteiger partial charge in [-0.15, -0.1) is 0 Å². The van der Waals surface area contributed by atoms with E-state index in [9.17, 15) is 0 Å². The van der Waals surface area contributed by atoms with Crippen molar-refractivity contribution in [2.24, 2.45) is 0 Å². The fourth-order valence-corrected chi connectivity index (χ4v) is 3.39. The van der Waals surface area contributed by atoms with Crippen molar-refractivity contribution < 1.29 is 9.47 Å². The lowest BCUT2D eigenvalue weighted by atomic mass is 10.2. The average molecular weight is 355 g/mol. The summed E-state index contributed by atoms with van der Waals surface area (Å²) in [7, 11) is 1.67. The fraction of sp³-hybridized carbons (Fsp3) is 0.200. The van der Waals surface area contributed by atoms with E-state index in [-0.39, 0.29) is 6.23 Å². The maximum Gasteiger partial charge on any atom is 0.158 e. The number of anilines is 1. The summed E-state index contributed by atoms with van der Waals surface area (Å²) in [6.07, 6.45) is 4.00. The summed E-state index contributed by atoms with van der Waals surface area (Å²) >= 11 is 6.31. The molecule has 0 spiro atoms. The maximum atomic E-state index is 6.31. The molecule has 0 aliphatic carbocycles. The molecule has 1 fully saturated rings. The first-order valence-corrected chi connectivity index (χ1v) is 8.59. The SMILES string of the molecule is COc1ccc(N2CCO[C@@H]2c2ccn(-c3ccccc3Cl)c2)cc1. The average Bonchev–Trinajstić information content (AvgIpc) is 3.31. The molecule has 3 aromatic rings. The number of nitrogens with zero attached hydrogens (tertiary/aromatic N) is 2. The van der Waals surface area contributed by atoms with Gasteiger partial charge in [0.1, 0.15) is 5.75 Å². The molecule has 1 saturated heterocycles. The first kappa shape index (κ1) is 16.1. The second-order valence-electron chi connectivity index (χ2n) is 5.92. The predicted octanol–water partition coefficient (Wildman–Crippen LogP) is 4.67. The summed E-state index contributed by atoms with van der Waals surface area (Å²) in [6.45, 7) is 1.56. The summed E-state index contributed by atoms with van der Waals surface area (Å²) < 4.78 is 13.3. The number of hydrogen-bond donors (Lipinski definition) is 0. The van der Waals surface area contributed by atoms with Crippen molar-refractivity contribution in [3.05, 3.63) is 77.6 Å². The van der Waals surface area contributed by atoms with E-state index in [1.165, 1.54) is 0 Å². The molecule has 1 aliphatic heterocycles. The highest BCUT2D eigenvalue weighted by atomic mass is 35.5. The van der Waals surface area contributed by atoms with Crippen molar-refractivity contribution in [2.45, 2.75) is 6.23 Å². The van der Waals surface area contributed by atoms with Gasteiger partial charge in [0.25, 0.3) is 0 Å². The lowest BCUT2D eigenvalue weighted by molar-refractivity contribution is 0.114. The maximum absolute atomic E-state index is 6.31. The van der Waals surface area contributed by atoms with E-state index in [0.717, 1.165) is 34.3 Å². The third kappa shape index (κ3) is 3.11. The summed E-state index contributed by atoms with van der Waals surface area (Å²) in [5, 5.41) is 0.726. The number of methoxy groups -OCH3 is 1. The van der Waals surface area contributed by atoms with E-state index < -0.39 is 0 Å². The molecule has 0 N–H and O–H groups in total. The Morgan fingerprint density at radius 3 is 2.64 bits per heavy atom. The van der Waals surface area contributed by atoms with Gasteiger partial charge in [-0.25, -0.2) is 0 Å². The standard InChI is InChI=1S/C20H19ClN2O2/c1-24-17-8-6-16(7-9-17)23-12-13-25-20(23)15-10-11-22(14-15)19-5-3-2-4-18(19)21/h2-11,14,20H,12-13H2,1H3/t20-/m1/s1. The Labute approximate surface area is 152 Å². The van der Waals surface area contributed by atoms with E-state index in [1.54, 1.807) is 7.11 Å². The van der Waals surface area contributed by atoms with Gasteiger partial charge in [0.2, 0.25) is 0 Å². The van der Waals surface area contributed by atoms with Crippen LogP contribution in [0, 0.1) is 0 Å². The van der Waals surface area contributed by atoms with Crippen LogP contribution in [0.3, 0.4) is 0 Å². The van der Waals surface area contributed by atoms with Crippen LogP contribution in [0.2, 0.25) is 5.02 Å². The molecule has 4 rings (SSSR count). The van der Waals surface area contributed by atoms with Crippen molar-refractivity contribution in [1.29, 1.82) is 0 Å². The minimum Gasteiger partial charge on any atom is -0.497 e. The number of aromatic nitrogens is 1. The molecule has 128 valence electrons. The molecule has 0 saturated carbocycles. The highest BCUT2D eigenvalue weighted by molar-refractivity contribution is 6.32. The second-order valence-corrected chi connectivity index (χ2v) is 6.33. The van der Waals surface area contributed by atoms with Crippen molar-refractivity contribution in [1.82, 2.24) is 4.57 Å².